The summed E-state index contributed by atoms with van der Waals surface area (Å²) in [6.07, 6.45) is 2.26. The first kappa shape index (κ1) is 19.6. The lowest BCUT2D eigenvalue weighted by atomic mass is 9.71. The van der Waals surface area contributed by atoms with Crippen LogP contribution >= 0.6 is 0 Å². The molecule has 150 valence electrons. The summed E-state index contributed by atoms with van der Waals surface area (Å²) in [7, 11) is 0. The molecule has 0 aliphatic heterocycles. The molecule has 1 aromatic heterocycles. The highest BCUT2D eigenvalue weighted by Crippen LogP contribution is 2.54. The molecule has 1 atom stereocenters. The van der Waals surface area contributed by atoms with Gasteiger partial charge in [0.25, 0.3) is 0 Å². The smallest absolute Gasteiger partial charge is 0.177 e. The molecule has 1 aliphatic rings. The van der Waals surface area contributed by atoms with Gasteiger partial charge in [0, 0.05) is 5.56 Å². The lowest BCUT2D eigenvalue weighted by molar-refractivity contribution is 0.264. The Kier molecular flexibility index (Phi) is 4.49. The molecule has 2 aromatic carbocycles. The number of aromatic nitrogens is 4. The number of fused-ring (bicyclic) bond motifs is 1. The normalized spacial score (nSPS) is 20.0. The van der Waals surface area contributed by atoms with Crippen molar-refractivity contribution in [2.45, 2.75) is 59.3 Å². The Bertz CT molecular complexity index is 1070. The molecule has 3 aromatic rings. The molecular weight excluding hydrogens is 356 g/mol. The zero-order chi connectivity index (χ0) is 21.0. The highest BCUT2D eigenvalue weighted by molar-refractivity contribution is 5.82. The van der Waals surface area contributed by atoms with Crippen LogP contribution in [0.3, 0.4) is 0 Å². The topological polar surface area (TPSA) is 54.5 Å². The minimum atomic E-state index is 0.174. The van der Waals surface area contributed by atoms with Crippen molar-refractivity contribution in [3.8, 4) is 11.4 Å². The first-order valence-corrected chi connectivity index (χ1v) is 10.3. The molecule has 0 fully saturated rings. The van der Waals surface area contributed by atoms with E-state index in [1.54, 1.807) is 0 Å². The van der Waals surface area contributed by atoms with E-state index in [9.17, 15) is 0 Å². The summed E-state index contributed by atoms with van der Waals surface area (Å²) in [5.41, 5.74) is 9.47. The quantitative estimate of drug-likeness (QED) is 0.567. The predicted octanol–water partition coefficient (Wildman–Crippen LogP) is 5.94. The van der Waals surface area contributed by atoms with E-state index >= 15 is 0 Å². The van der Waals surface area contributed by atoms with E-state index in [0.29, 0.717) is 11.7 Å². The summed E-state index contributed by atoms with van der Waals surface area (Å²) in [6.45, 7) is 16.4. The molecule has 1 heterocycles. The van der Waals surface area contributed by atoms with E-state index < -0.39 is 0 Å². The SMILES string of the molecule is C/C(=C\c1ccc(-c2nn[nH]n2)cc1)c1cc2c(cc1C)C(C)(C)C(C)C2(C)C. The van der Waals surface area contributed by atoms with Crippen molar-refractivity contribution in [1.29, 1.82) is 0 Å². The Balaban J connectivity index is 1.71. The number of aromatic amines is 1. The van der Waals surface area contributed by atoms with E-state index in [4.69, 9.17) is 0 Å². The molecule has 0 bridgehead atoms. The summed E-state index contributed by atoms with van der Waals surface area (Å²) in [5, 5.41) is 14.2. The van der Waals surface area contributed by atoms with E-state index in [1.165, 1.54) is 33.4 Å². The first-order chi connectivity index (χ1) is 13.6. The zero-order valence-electron chi connectivity index (χ0n) is 18.5. The van der Waals surface area contributed by atoms with Gasteiger partial charge in [0.2, 0.25) is 5.82 Å². The van der Waals surface area contributed by atoms with E-state index in [2.05, 4.69) is 99.4 Å². The number of H-pyrrole nitrogens is 1. The minimum Gasteiger partial charge on any atom is -0.177 e. The van der Waals surface area contributed by atoms with Crippen LogP contribution in [-0.2, 0) is 10.8 Å². The molecule has 0 spiro atoms. The Morgan fingerprint density at radius 1 is 1.00 bits per heavy atom. The van der Waals surface area contributed by atoms with Gasteiger partial charge in [-0.05, 0) is 69.2 Å². The standard InChI is InChI=1S/C25H30N4/c1-15(12-18-8-10-19(11-9-18)23-26-28-29-27-23)20-14-22-21(13-16(20)2)24(4,5)17(3)25(22,6)7/h8-14,17H,1-7H3,(H,26,27,28,29)/b15-12+. The maximum atomic E-state index is 4.04. The summed E-state index contributed by atoms with van der Waals surface area (Å²) in [5.74, 6) is 1.22. The molecule has 4 heteroatoms. The van der Waals surface area contributed by atoms with Crippen molar-refractivity contribution in [1.82, 2.24) is 20.6 Å². The summed E-state index contributed by atoms with van der Waals surface area (Å²) in [4.78, 5) is 0. The molecule has 4 rings (SSSR count). The second kappa shape index (κ2) is 6.65. The van der Waals surface area contributed by atoms with Crippen LogP contribution in [0.5, 0.6) is 0 Å². The van der Waals surface area contributed by atoms with Crippen LogP contribution in [0.25, 0.3) is 23.0 Å². The lowest BCUT2D eigenvalue weighted by Crippen LogP contribution is -2.30. The van der Waals surface area contributed by atoms with Crippen LogP contribution in [0.1, 0.15) is 69.4 Å². The van der Waals surface area contributed by atoms with E-state index in [-0.39, 0.29) is 10.8 Å². The number of hydrogen-bond acceptors (Lipinski definition) is 3. The maximum Gasteiger partial charge on any atom is 0.204 e. The summed E-state index contributed by atoms with van der Waals surface area (Å²) in [6, 6.07) is 13.1. The van der Waals surface area contributed by atoms with Crippen LogP contribution in [0.4, 0.5) is 0 Å². The molecule has 0 amide bonds. The van der Waals surface area contributed by atoms with Gasteiger partial charge in [-0.25, -0.2) is 0 Å². The Morgan fingerprint density at radius 2 is 1.62 bits per heavy atom. The highest BCUT2D eigenvalue weighted by Gasteiger charge is 2.48. The molecule has 1 N–H and O–H groups in total. The van der Waals surface area contributed by atoms with Gasteiger partial charge in [-0.3, -0.25) is 0 Å². The van der Waals surface area contributed by atoms with Gasteiger partial charge in [0.1, 0.15) is 0 Å². The van der Waals surface area contributed by atoms with Crippen LogP contribution < -0.4 is 0 Å². The third-order valence-corrected chi connectivity index (χ3v) is 7.24. The largest absolute Gasteiger partial charge is 0.204 e. The average molecular weight is 387 g/mol. The Morgan fingerprint density at radius 3 is 2.21 bits per heavy atom. The number of nitrogens with zero attached hydrogens (tertiary/aromatic N) is 3. The summed E-state index contributed by atoms with van der Waals surface area (Å²) >= 11 is 0. The molecule has 0 saturated heterocycles. The first-order valence-electron chi connectivity index (χ1n) is 10.3. The van der Waals surface area contributed by atoms with Crippen molar-refractivity contribution >= 4 is 11.6 Å². The highest BCUT2D eigenvalue weighted by atomic mass is 15.5. The number of rotatable bonds is 3. The predicted molar refractivity (Wildman–Crippen MR) is 120 cm³/mol. The minimum absolute atomic E-state index is 0.174. The van der Waals surface area contributed by atoms with Gasteiger partial charge in [-0.15, -0.1) is 10.2 Å². The lowest BCUT2D eigenvalue weighted by Gasteiger charge is -2.32. The van der Waals surface area contributed by atoms with E-state index in [1.807, 2.05) is 12.1 Å². The van der Waals surface area contributed by atoms with Crippen molar-refractivity contribution in [3.63, 3.8) is 0 Å². The van der Waals surface area contributed by atoms with Gasteiger partial charge in [0.05, 0.1) is 0 Å². The number of nitrogens with one attached hydrogen (secondary N) is 1. The monoisotopic (exact) mass is 386 g/mol. The third-order valence-electron chi connectivity index (χ3n) is 7.24. The fourth-order valence-corrected chi connectivity index (χ4v) is 4.91. The second-order valence-corrected chi connectivity index (χ2v) is 9.56. The molecule has 1 unspecified atom stereocenters. The molecule has 1 aliphatic carbocycles. The van der Waals surface area contributed by atoms with Crippen LogP contribution in [0, 0.1) is 12.8 Å². The number of benzene rings is 2. The fourth-order valence-electron chi connectivity index (χ4n) is 4.91. The van der Waals surface area contributed by atoms with Crippen LogP contribution in [0.15, 0.2) is 36.4 Å². The molecule has 0 saturated carbocycles. The fraction of sp³-hybridized carbons (Fsp3) is 0.400. The zero-order valence-corrected chi connectivity index (χ0v) is 18.5. The van der Waals surface area contributed by atoms with Gasteiger partial charge >= 0.3 is 0 Å². The van der Waals surface area contributed by atoms with Crippen molar-refractivity contribution in [2.75, 3.05) is 0 Å². The van der Waals surface area contributed by atoms with Crippen LogP contribution in [-0.4, -0.2) is 20.6 Å². The van der Waals surface area contributed by atoms with Crippen molar-refractivity contribution < 1.29 is 0 Å². The maximum absolute atomic E-state index is 4.04. The van der Waals surface area contributed by atoms with Gasteiger partial charge in [-0.1, -0.05) is 77.1 Å². The molecule has 0 radical (unpaired) electrons. The number of aryl methyl sites for hydroxylation is 1. The second-order valence-electron chi connectivity index (χ2n) is 9.56. The number of hydrogen-bond donors (Lipinski definition) is 1. The molecule has 4 nitrogen and oxygen atoms in total. The van der Waals surface area contributed by atoms with Crippen LogP contribution in [0.2, 0.25) is 0 Å². The van der Waals surface area contributed by atoms with Gasteiger partial charge in [-0.2, -0.15) is 5.21 Å². The van der Waals surface area contributed by atoms with Gasteiger partial charge < -0.3 is 0 Å². The van der Waals surface area contributed by atoms with Gasteiger partial charge in [0.15, 0.2) is 0 Å². The molecule has 29 heavy (non-hydrogen) atoms. The van der Waals surface area contributed by atoms with Crippen molar-refractivity contribution in [3.05, 3.63) is 64.2 Å². The van der Waals surface area contributed by atoms with Crippen molar-refractivity contribution in [2.24, 2.45) is 5.92 Å². The van der Waals surface area contributed by atoms with E-state index in [0.717, 1.165) is 5.56 Å². The average Bonchev–Trinajstić information content (AvgIpc) is 3.25. The Hall–Kier alpha value is -2.75. The Labute approximate surface area is 173 Å². The summed E-state index contributed by atoms with van der Waals surface area (Å²) < 4.78 is 0. The third kappa shape index (κ3) is 3.11. The number of allylic oxidation sites excluding steroid dienone is 1. The number of tetrazole rings is 1. The molecular formula is C25H30N4.